The molecule has 0 aliphatic carbocycles. The van der Waals surface area contributed by atoms with Crippen molar-refractivity contribution >= 4 is 34.8 Å². The third-order valence-corrected chi connectivity index (χ3v) is 3.95. The van der Waals surface area contributed by atoms with Crippen molar-refractivity contribution in [2.24, 2.45) is 0 Å². The molecule has 3 N–H and O–H groups in total. The van der Waals surface area contributed by atoms with Gasteiger partial charge in [-0.05, 0) is 46.0 Å². The lowest BCUT2D eigenvalue weighted by Gasteiger charge is -2.20. The lowest BCUT2D eigenvalue weighted by molar-refractivity contribution is 0.0952. The summed E-state index contributed by atoms with van der Waals surface area (Å²) >= 11 is 11.9. The molecule has 0 aliphatic rings. The van der Waals surface area contributed by atoms with Crippen molar-refractivity contribution in [3.63, 3.8) is 0 Å². The molecule has 1 amide bonds. The van der Waals surface area contributed by atoms with Gasteiger partial charge in [0.05, 0.1) is 15.6 Å². The van der Waals surface area contributed by atoms with Gasteiger partial charge in [-0.3, -0.25) is 4.79 Å². The quantitative estimate of drug-likeness (QED) is 0.626. The molecule has 0 aromatic heterocycles. The van der Waals surface area contributed by atoms with Crippen LogP contribution in [0.2, 0.25) is 10.0 Å². The molecule has 20 heavy (non-hydrogen) atoms. The van der Waals surface area contributed by atoms with E-state index in [1.54, 1.807) is 0 Å². The molecule has 0 radical (unpaired) electrons. The van der Waals surface area contributed by atoms with Gasteiger partial charge in [-0.1, -0.05) is 23.2 Å². The Morgan fingerprint density at radius 2 is 2.05 bits per heavy atom. The van der Waals surface area contributed by atoms with Gasteiger partial charge in [-0.15, -0.1) is 0 Å². The highest BCUT2D eigenvalue weighted by molar-refractivity contribution is 6.44. The van der Waals surface area contributed by atoms with E-state index in [0.29, 0.717) is 23.8 Å². The van der Waals surface area contributed by atoms with E-state index in [-0.39, 0.29) is 16.0 Å². The van der Waals surface area contributed by atoms with Crippen molar-refractivity contribution in [3.8, 4) is 0 Å². The summed E-state index contributed by atoms with van der Waals surface area (Å²) in [6, 6.07) is 3.55. The van der Waals surface area contributed by atoms with Crippen LogP contribution in [0.1, 0.15) is 30.6 Å². The van der Waals surface area contributed by atoms with Crippen LogP contribution >= 0.6 is 23.2 Å². The molecular weight excluding hydrogens is 297 g/mol. The standard InChI is InChI=1S/C14H21Cl2N3O/c1-9(2)19(3)6-4-5-18-14(20)11-7-10(17)8-12(15)13(11)16/h7-9H,4-6,17H2,1-3H3,(H,18,20). The van der Waals surface area contributed by atoms with Gasteiger partial charge in [-0.25, -0.2) is 0 Å². The molecule has 0 fully saturated rings. The Morgan fingerprint density at radius 3 is 2.65 bits per heavy atom. The zero-order valence-electron chi connectivity index (χ0n) is 12.0. The predicted molar refractivity (Wildman–Crippen MR) is 85.6 cm³/mol. The molecule has 0 saturated carbocycles. The number of carbonyl (C=O) groups excluding carboxylic acids is 1. The minimum absolute atomic E-state index is 0.234. The van der Waals surface area contributed by atoms with Crippen LogP contribution in [0.3, 0.4) is 0 Å². The molecule has 1 aromatic rings. The largest absolute Gasteiger partial charge is 0.399 e. The van der Waals surface area contributed by atoms with E-state index in [4.69, 9.17) is 28.9 Å². The Kier molecular flexibility index (Phi) is 6.59. The first kappa shape index (κ1) is 17.1. The molecule has 0 saturated heterocycles. The Balaban J connectivity index is 2.52. The molecule has 0 bridgehead atoms. The van der Waals surface area contributed by atoms with E-state index in [1.807, 2.05) is 0 Å². The van der Waals surface area contributed by atoms with Crippen LogP contribution in [-0.2, 0) is 0 Å². The van der Waals surface area contributed by atoms with Crippen LogP contribution in [0.5, 0.6) is 0 Å². The van der Waals surface area contributed by atoms with Crippen LogP contribution in [0.15, 0.2) is 12.1 Å². The summed E-state index contributed by atoms with van der Waals surface area (Å²) in [5.41, 5.74) is 6.40. The second-order valence-electron chi connectivity index (χ2n) is 5.05. The fourth-order valence-electron chi connectivity index (χ4n) is 1.66. The minimum Gasteiger partial charge on any atom is -0.399 e. The van der Waals surface area contributed by atoms with Gasteiger partial charge in [0.1, 0.15) is 0 Å². The first-order chi connectivity index (χ1) is 9.32. The second kappa shape index (κ2) is 7.72. The first-order valence-corrected chi connectivity index (χ1v) is 7.31. The number of hydrogen-bond donors (Lipinski definition) is 2. The van der Waals surface area contributed by atoms with E-state index in [0.717, 1.165) is 13.0 Å². The molecule has 1 aromatic carbocycles. The van der Waals surface area contributed by atoms with Crippen molar-refractivity contribution in [3.05, 3.63) is 27.7 Å². The number of nitrogens with zero attached hydrogens (tertiary/aromatic N) is 1. The summed E-state index contributed by atoms with van der Waals surface area (Å²) in [6.07, 6.45) is 0.869. The second-order valence-corrected chi connectivity index (χ2v) is 5.83. The number of carbonyl (C=O) groups is 1. The number of rotatable bonds is 6. The SMILES string of the molecule is CC(C)N(C)CCCNC(=O)c1cc(N)cc(Cl)c1Cl. The Labute approximate surface area is 130 Å². The summed E-state index contributed by atoms with van der Waals surface area (Å²) in [7, 11) is 2.06. The van der Waals surface area contributed by atoms with E-state index in [1.165, 1.54) is 12.1 Å². The average molecular weight is 318 g/mol. The zero-order chi connectivity index (χ0) is 15.3. The van der Waals surface area contributed by atoms with Gasteiger partial charge < -0.3 is 16.0 Å². The van der Waals surface area contributed by atoms with Crippen LogP contribution in [0.25, 0.3) is 0 Å². The Hall–Kier alpha value is -0.970. The maximum atomic E-state index is 12.0. The van der Waals surface area contributed by atoms with Crippen LogP contribution in [0.4, 0.5) is 5.69 Å². The van der Waals surface area contributed by atoms with Crippen molar-refractivity contribution in [1.29, 1.82) is 0 Å². The maximum Gasteiger partial charge on any atom is 0.252 e. The fourth-order valence-corrected chi connectivity index (χ4v) is 2.08. The molecule has 0 atom stereocenters. The van der Waals surface area contributed by atoms with E-state index < -0.39 is 0 Å². The molecule has 6 heteroatoms. The molecule has 0 spiro atoms. The number of nitrogens with two attached hydrogens (primary N) is 1. The summed E-state index contributed by atoms with van der Waals surface area (Å²) in [5, 5.41) is 3.35. The number of hydrogen-bond acceptors (Lipinski definition) is 3. The lowest BCUT2D eigenvalue weighted by Crippen LogP contribution is -2.31. The van der Waals surface area contributed by atoms with Gasteiger partial charge in [0, 0.05) is 18.3 Å². The maximum absolute atomic E-state index is 12.0. The highest BCUT2D eigenvalue weighted by Crippen LogP contribution is 2.28. The number of halogens is 2. The van der Waals surface area contributed by atoms with Crippen LogP contribution in [0, 0.1) is 0 Å². The molecule has 0 heterocycles. The van der Waals surface area contributed by atoms with Gasteiger partial charge in [0.15, 0.2) is 0 Å². The first-order valence-electron chi connectivity index (χ1n) is 6.56. The summed E-state index contributed by atoms with van der Waals surface area (Å²) < 4.78 is 0. The van der Waals surface area contributed by atoms with Crippen molar-refractivity contribution in [2.45, 2.75) is 26.3 Å². The Morgan fingerprint density at radius 1 is 1.40 bits per heavy atom. The number of nitrogens with one attached hydrogen (secondary N) is 1. The van der Waals surface area contributed by atoms with E-state index >= 15 is 0 Å². The highest BCUT2D eigenvalue weighted by Gasteiger charge is 2.13. The molecular formula is C14H21Cl2N3O. The van der Waals surface area contributed by atoms with Crippen molar-refractivity contribution in [2.75, 3.05) is 25.9 Å². The normalized spacial score (nSPS) is 11.2. The number of amides is 1. The number of benzene rings is 1. The topological polar surface area (TPSA) is 58.4 Å². The lowest BCUT2D eigenvalue weighted by atomic mass is 10.2. The van der Waals surface area contributed by atoms with Gasteiger partial charge >= 0.3 is 0 Å². The van der Waals surface area contributed by atoms with Gasteiger partial charge in [-0.2, -0.15) is 0 Å². The van der Waals surface area contributed by atoms with E-state index in [9.17, 15) is 4.79 Å². The fraction of sp³-hybridized carbons (Fsp3) is 0.500. The summed E-state index contributed by atoms with van der Waals surface area (Å²) in [5.74, 6) is -0.253. The summed E-state index contributed by atoms with van der Waals surface area (Å²) in [6.45, 7) is 5.77. The van der Waals surface area contributed by atoms with Gasteiger partial charge in [0.25, 0.3) is 5.91 Å². The predicted octanol–water partition coefficient (Wildman–Crippen LogP) is 3.04. The van der Waals surface area contributed by atoms with Crippen molar-refractivity contribution < 1.29 is 4.79 Å². The minimum atomic E-state index is -0.253. The van der Waals surface area contributed by atoms with Gasteiger partial charge in [0.2, 0.25) is 0 Å². The molecule has 1 rings (SSSR count). The Bertz CT molecular complexity index is 478. The van der Waals surface area contributed by atoms with Crippen LogP contribution in [-0.4, -0.2) is 37.0 Å². The zero-order valence-corrected chi connectivity index (χ0v) is 13.6. The number of anilines is 1. The monoisotopic (exact) mass is 317 g/mol. The van der Waals surface area contributed by atoms with Crippen molar-refractivity contribution in [1.82, 2.24) is 10.2 Å². The smallest absolute Gasteiger partial charge is 0.252 e. The van der Waals surface area contributed by atoms with E-state index in [2.05, 4.69) is 31.1 Å². The highest BCUT2D eigenvalue weighted by atomic mass is 35.5. The molecule has 4 nitrogen and oxygen atoms in total. The molecule has 112 valence electrons. The molecule has 0 aliphatic heterocycles. The average Bonchev–Trinajstić information content (AvgIpc) is 2.38. The van der Waals surface area contributed by atoms with Crippen LogP contribution < -0.4 is 11.1 Å². The number of nitrogen functional groups attached to an aromatic ring is 1. The summed E-state index contributed by atoms with van der Waals surface area (Å²) in [4.78, 5) is 14.2. The third kappa shape index (κ3) is 4.85. The third-order valence-electron chi connectivity index (χ3n) is 3.15. The molecule has 0 unspecified atom stereocenters.